The molecule has 1 amide bonds. The van der Waals surface area contributed by atoms with Crippen LogP contribution in [0.1, 0.15) is 74.2 Å². The van der Waals surface area contributed by atoms with Crippen LogP contribution in [-0.2, 0) is 25.7 Å². The van der Waals surface area contributed by atoms with Crippen molar-refractivity contribution in [1.29, 1.82) is 0 Å². The number of hydrogen-bond donors (Lipinski definition) is 1. The Bertz CT molecular complexity index is 1540. The van der Waals surface area contributed by atoms with Gasteiger partial charge in [0.2, 0.25) is 5.91 Å². The number of fused-ring (bicyclic) bond motifs is 2. The average molecular weight is 588 g/mol. The summed E-state index contributed by atoms with van der Waals surface area (Å²) < 4.78 is 38.6. The lowest BCUT2D eigenvalue weighted by Gasteiger charge is -2.31. The molecule has 8 heteroatoms. The van der Waals surface area contributed by atoms with Crippen LogP contribution < -0.4 is 5.73 Å². The number of hydrogen-bond acceptors (Lipinski definition) is 4. The van der Waals surface area contributed by atoms with Crippen LogP contribution in [0.25, 0.3) is 5.57 Å². The third-order valence-corrected chi connectivity index (χ3v) is 9.21. The number of primary amides is 1. The number of amides is 1. The summed E-state index contributed by atoms with van der Waals surface area (Å²) >= 11 is 0. The molecule has 1 fully saturated rings. The minimum Gasteiger partial charge on any atom is -0.366 e. The molecule has 3 aromatic rings. The van der Waals surface area contributed by atoms with E-state index in [1.54, 1.807) is 24.3 Å². The maximum atomic E-state index is 13.4. The largest absolute Gasteiger partial charge is 0.416 e. The number of alkyl halides is 3. The number of nitrogens with two attached hydrogens (primary N) is 1. The normalized spacial score (nSPS) is 18.0. The SMILES string of the molecule is NC(=O)c1ccc(CN2CCC3=C(C2)c2cc(C(=O)CC4CCN(Cc5ccc(C(F)(F)F)cc5)CC4)ccc2C3)cc1. The Morgan fingerprint density at radius 1 is 0.814 bits per heavy atom. The van der Waals surface area contributed by atoms with Gasteiger partial charge in [0.15, 0.2) is 5.78 Å². The Morgan fingerprint density at radius 3 is 2.09 bits per heavy atom. The molecule has 2 heterocycles. The quantitative estimate of drug-likeness (QED) is 0.306. The lowest BCUT2D eigenvalue weighted by atomic mass is 9.88. The van der Waals surface area contributed by atoms with Gasteiger partial charge in [-0.15, -0.1) is 0 Å². The van der Waals surface area contributed by atoms with E-state index in [2.05, 4.69) is 21.9 Å². The van der Waals surface area contributed by atoms with E-state index < -0.39 is 17.6 Å². The standard InChI is InChI=1S/C35H36F3N3O2/c36-35(37,38)30-9-3-25(4-10-30)20-40-14-11-23(12-15-40)17-33(42)29-8-7-27-18-28-13-16-41(22-32(28)31(27)19-29)21-24-1-5-26(6-2-24)34(39)43/h1-10,19,23H,11-18,20-22H2,(H2,39,43). The molecule has 0 spiro atoms. The molecule has 3 aliphatic rings. The molecule has 0 aromatic heterocycles. The molecule has 5 nitrogen and oxygen atoms in total. The summed E-state index contributed by atoms with van der Waals surface area (Å²) in [5, 5.41) is 0. The van der Waals surface area contributed by atoms with Crippen molar-refractivity contribution >= 4 is 17.3 Å². The van der Waals surface area contributed by atoms with Gasteiger partial charge in [0.05, 0.1) is 5.56 Å². The number of nitrogens with zero attached hydrogens (tertiary/aromatic N) is 2. The number of carbonyl (C=O) groups is 2. The number of ketones is 1. The number of likely N-dealkylation sites (tertiary alicyclic amines) is 1. The second-order valence-corrected chi connectivity index (χ2v) is 12.2. The zero-order valence-electron chi connectivity index (χ0n) is 24.1. The highest BCUT2D eigenvalue weighted by Crippen LogP contribution is 2.39. The van der Waals surface area contributed by atoms with Gasteiger partial charge in [-0.25, -0.2) is 0 Å². The zero-order chi connectivity index (χ0) is 30.1. The number of Topliss-reactive ketones (excluding diaryl/α,β-unsaturated/α-hetero) is 1. The molecule has 0 saturated carbocycles. The predicted octanol–water partition coefficient (Wildman–Crippen LogP) is 6.50. The van der Waals surface area contributed by atoms with Gasteiger partial charge in [-0.1, -0.05) is 42.0 Å². The first-order valence-corrected chi connectivity index (χ1v) is 15.0. The van der Waals surface area contributed by atoms with Crippen molar-refractivity contribution in [3.05, 3.63) is 111 Å². The van der Waals surface area contributed by atoms with Crippen molar-refractivity contribution < 1.29 is 22.8 Å². The second kappa shape index (κ2) is 12.1. The van der Waals surface area contributed by atoms with Crippen LogP contribution in [-0.4, -0.2) is 47.7 Å². The molecule has 0 bridgehead atoms. The lowest BCUT2D eigenvalue weighted by molar-refractivity contribution is -0.137. The third-order valence-electron chi connectivity index (χ3n) is 9.21. The molecule has 0 atom stereocenters. The van der Waals surface area contributed by atoms with Crippen LogP contribution in [0.4, 0.5) is 13.2 Å². The molecular weight excluding hydrogens is 551 g/mol. The van der Waals surface area contributed by atoms with E-state index in [0.29, 0.717) is 24.4 Å². The molecule has 224 valence electrons. The topological polar surface area (TPSA) is 66.6 Å². The van der Waals surface area contributed by atoms with E-state index in [1.807, 2.05) is 18.2 Å². The summed E-state index contributed by atoms with van der Waals surface area (Å²) in [5.41, 5.74) is 13.4. The highest BCUT2D eigenvalue weighted by Gasteiger charge is 2.31. The van der Waals surface area contributed by atoms with Crippen molar-refractivity contribution in [3.8, 4) is 0 Å². The Morgan fingerprint density at radius 2 is 1.44 bits per heavy atom. The summed E-state index contributed by atoms with van der Waals surface area (Å²) in [5.74, 6) is 0.0696. The highest BCUT2D eigenvalue weighted by molar-refractivity contribution is 5.98. The monoisotopic (exact) mass is 587 g/mol. The molecule has 2 aliphatic heterocycles. The van der Waals surface area contributed by atoms with Crippen LogP contribution in [0.5, 0.6) is 0 Å². The van der Waals surface area contributed by atoms with Crippen LogP contribution in [0.3, 0.4) is 0 Å². The Hall–Kier alpha value is -3.75. The summed E-state index contributed by atoms with van der Waals surface area (Å²) in [6, 6.07) is 19.1. The van der Waals surface area contributed by atoms with Gasteiger partial charge < -0.3 is 5.73 Å². The Labute approximate surface area is 250 Å². The predicted molar refractivity (Wildman–Crippen MR) is 160 cm³/mol. The average Bonchev–Trinajstić information content (AvgIpc) is 3.35. The second-order valence-electron chi connectivity index (χ2n) is 12.2. The molecule has 3 aromatic carbocycles. The maximum absolute atomic E-state index is 13.4. The summed E-state index contributed by atoms with van der Waals surface area (Å²) in [4.78, 5) is 29.4. The van der Waals surface area contributed by atoms with E-state index >= 15 is 0 Å². The minimum atomic E-state index is -4.32. The first-order chi connectivity index (χ1) is 20.6. The summed E-state index contributed by atoms with van der Waals surface area (Å²) in [7, 11) is 0. The van der Waals surface area contributed by atoms with Gasteiger partial charge in [0.25, 0.3) is 0 Å². The van der Waals surface area contributed by atoms with Gasteiger partial charge in [-0.2, -0.15) is 13.2 Å². The first-order valence-electron chi connectivity index (χ1n) is 15.0. The first kappa shape index (κ1) is 29.3. The molecule has 0 unspecified atom stereocenters. The maximum Gasteiger partial charge on any atom is 0.416 e. The van der Waals surface area contributed by atoms with Crippen LogP contribution in [0.15, 0.2) is 72.3 Å². The molecule has 2 N–H and O–H groups in total. The summed E-state index contributed by atoms with van der Waals surface area (Å²) in [6.45, 7) is 4.90. The third kappa shape index (κ3) is 6.76. The molecule has 1 saturated heterocycles. The lowest BCUT2D eigenvalue weighted by Crippen LogP contribution is -2.34. The van der Waals surface area contributed by atoms with Crippen LogP contribution >= 0.6 is 0 Å². The number of carbonyl (C=O) groups excluding carboxylic acids is 2. The van der Waals surface area contributed by atoms with E-state index in [-0.39, 0.29) is 5.78 Å². The van der Waals surface area contributed by atoms with Gasteiger partial charge in [0, 0.05) is 43.7 Å². The molecule has 6 rings (SSSR count). The van der Waals surface area contributed by atoms with Gasteiger partial charge in [0.1, 0.15) is 0 Å². The smallest absolute Gasteiger partial charge is 0.366 e. The highest BCUT2D eigenvalue weighted by atomic mass is 19.4. The van der Waals surface area contributed by atoms with Crippen molar-refractivity contribution in [2.45, 2.75) is 51.4 Å². The van der Waals surface area contributed by atoms with E-state index in [0.717, 1.165) is 87.2 Å². The van der Waals surface area contributed by atoms with Gasteiger partial charge in [-0.05, 0) is 103 Å². The minimum absolute atomic E-state index is 0.181. The fourth-order valence-corrected chi connectivity index (χ4v) is 6.70. The number of rotatable bonds is 8. The van der Waals surface area contributed by atoms with Crippen molar-refractivity contribution in [2.75, 3.05) is 26.2 Å². The summed E-state index contributed by atoms with van der Waals surface area (Å²) in [6.07, 6.45) is -0.0214. The van der Waals surface area contributed by atoms with Gasteiger partial charge in [-0.3, -0.25) is 19.4 Å². The fraction of sp³-hybridized carbons (Fsp3) is 0.371. The number of benzene rings is 3. The Kier molecular flexibility index (Phi) is 8.25. The fourth-order valence-electron chi connectivity index (χ4n) is 6.70. The number of piperidine rings is 1. The van der Waals surface area contributed by atoms with Crippen molar-refractivity contribution in [1.82, 2.24) is 9.80 Å². The van der Waals surface area contributed by atoms with Gasteiger partial charge >= 0.3 is 6.18 Å². The molecular formula is C35H36F3N3O2. The zero-order valence-corrected chi connectivity index (χ0v) is 24.1. The molecule has 43 heavy (non-hydrogen) atoms. The van der Waals surface area contributed by atoms with E-state index in [9.17, 15) is 22.8 Å². The number of halogens is 3. The van der Waals surface area contributed by atoms with Crippen LogP contribution in [0, 0.1) is 5.92 Å². The Balaban J connectivity index is 1.03. The van der Waals surface area contributed by atoms with Crippen LogP contribution in [0.2, 0.25) is 0 Å². The van der Waals surface area contributed by atoms with Crippen molar-refractivity contribution in [2.24, 2.45) is 11.7 Å². The molecule has 1 aliphatic carbocycles. The van der Waals surface area contributed by atoms with E-state index in [4.69, 9.17) is 5.73 Å². The van der Waals surface area contributed by atoms with E-state index in [1.165, 1.54) is 22.3 Å². The van der Waals surface area contributed by atoms with Crippen molar-refractivity contribution in [3.63, 3.8) is 0 Å². The molecule has 0 radical (unpaired) electrons.